The number of likely N-dealkylation sites (N-methyl/N-ethyl adjacent to an activating group) is 1. The summed E-state index contributed by atoms with van der Waals surface area (Å²) in [6.07, 6.45) is 1.63. The molecule has 1 unspecified atom stereocenters. The van der Waals surface area contributed by atoms with Crippen LogP contribution in [0.5, 0.6) is 0 Å². The maximum atomic E-state index is 12.2. The van der Waals surface area contributed by atoms with E-state index in [0.717, 1.165) is 0 Å². The van der Waals surface area contributed by atoms with Gasteiger partial charge >= 0.3 is 5.97 Å². The predicted molar refractivity (Wildman–Crippen MR) is 67.4 cm³/mol. The zero-order valence-electron chi connectivity index (χ0n) is 11.4. The Kier molecular flexibility index (Phi) is 5.93. The average molecular weight is 241 g/mol. The van der Waals surface area contributed by atoms with Crippen LogP contribution in [-0.2, 0) is 14.3 Å². The lowest BCUT2D eigenvalue weighted by Gasteiger charge is -2.30. The molecule has 0 aromatic rings. The molecule has 0 bridgehead atoms. The third kappa shape index (κ3) is 4.59. The van der Waals surface area contributed by atoms with E-state index in [1.165, 1.54) is 4.90 Å². The lowest BCUT2D eigenvalue weighted by Crippen LogP contribution is -2.44. The van der Waals surface area contributed by atoms with Gasteiger partial charge in [0.1, 0.15) is 5.92 Å². The first-order chi connectivity index (χ1) is 7.75. The van der Waals surface area contributed by atoms with Gasteiger partial charge in [-0.15, -0.1) is 6.58 Å². The molecule has 98 valence electrons. The van der Waals surface area contributed by atoms with Gasteiger partial charge in [0.25, 0.3) is 0 Å². The van der Waals surface area contributed by atoms with E-state index in [0.29, 0.717) is 6.54 Å². The molecule has 0 aliphatic carbocycles. The van der Waals surface area contributed by atoms with Crippen molar-refractivity contribution in [3.63, 3.8) is 0 Å². The highest BCUT2D eigenvalue weighted by Crippen LogP contribution is 2.28. The van der Waals surface area contributed by atoms with Crippen molar-refractivity contribution in [2.24, 2.45) is 11.3 Å². The fourth-order valence-electron chi connectivity index (χ4n) is 1.55. The van der Waals surface area contributed by atoms with E-state index in [1.54, 1.807) is 20.0 Å². The summed E-state index contributed by atoms with van der Waals surface area (Å²) < 4.78 is 4.97. The molecule has 0 aliphatic heterocycles. The fourth-order valence-corrected chi connectivity index (χ4v) is 1.55. The predicted octanol–water partition coefficient (Wildman–Crippen LogP) is 1.86. The Morgan fingerprint density at radius 2 is 1.94 bits per heavy atom. The highest BCUT2D eigenvalue weighted by Gasteiger charge is 2.40. The van der Waals surface area contributed by atoms with Gasteiger partial charge in [0, 0.05) is 13.6 Å². The Hall–Kier alpha value is -1.32. The standard InChI is InChI=1S/C13H23NO3/c1-7-9-14(6)11(15)10(13(3,4)5)12(16)17-8-2/h7,10H,1,8-9H2,2-6H3. The molecule has 1 amide bonds. The number of ether oxygens (including phenoxy) is 1. The number of nitrogens with zero attached hydrogens (tertiary/aromatic N) is 1. The summed E-state index contributed by atoms with van der Waals surface area (Å²) in [6.45, 7) is 11.6. The van der Waals surface area contributed by atoms with Crippen LogP contribution in [0.4, 0.5) is 0 Å². The van der Waals surface area contributed by atoms with E-state index in [9.17, 15) is 9.59 Å². The fraction of sp³-hybridized carbons (Fsp3) is 0.692. The highest BCUT2D eigenvalue weighted by molar-refractivity contribution is 5.98. The summed E-state index contributed by atoms with van der Waals surface area (Å²) in [7, 11) is 1.65. The molecular weight excluding hydrogens is 218 g/mol. The van der Waals surface area contributed by atoms with E-state index in [4.69, 9.17) is 4.74 Å². The SMILES string of the molecule is C=CCN(C)C(=O)C(C(=O)OCC)C(C)(C)C. The largest absolute Gasteiger partial charge is 0.465 e. The van der Waals surface area contributed by atoms with Crippen LogP contribution >= 0.6 is 0 Å². The second-order valence-electron chi connectivity index (χ2n) is 5.06. The number of hydrogen-bond donors (Lipinski definition) is 0. The van der Waals surface area contributed by atoms with Gasteiger partial charge in [0.2, 0.25) is 5.91 Å². The Morgan fingerprint density at radius 3 is 2.29 bits per heavy atom. The van der Waals surface area contributed by atoms with Crippen molar-refractivity contribution in [1.82, 2.24) is 4.90 Å². The normalized spacial score (nSPS) is 12.8. The number of carbonyl (C=O) groups excluding carboxylic acids is 2. The summed E-state index contributed by atoms with van der Waals surface area (Å²) in [4.78, 5) is 25.5. The molecule has 0 aliphatic rings. The lowest BCUT2D eigenvalue weighted by molar-refractivity contribution is -0.159. The summed E-state index contributed by atoms with van der Waals surface area (Å²) in [5, 5.41) is 0. The molecule has 1 atom stereocenters. The average Bonchev–Trinajstić information content (AvgIpc) is 2.16. The number of esters is 1. The van der Waals surface area contributed by atoms with Crippen molar-refractivity contribution in [2.75, 3.05) is 20.2 Å². The third-order valence-corrected chi connectivity index (χ3v) is 2.41. The number of amides is 1. The molecule has 17 heavy (non-hydrogen) atoms. The quantitative estimate of drug-likeness (QED) is 0.419. The monoisotopic (exact) mass is 241 g/mol. The van der Waals surface area contributed by atoms with Crippen molar-refractivity contribution in [1.29, 1.82) is 0 Å². The van der Waals surface area contributed by atoms with Gasteiger partial charge in [-0.05, 0) is 12.3 Å². The maximum absolute atomic E-state index is 12.2. The molecule has 0 N–H and O–H groups in total. The van der Waals surface area contributed by atoms with Crippen LogP contribution in [0.25, 0.3) is 0 Å². The molecular formula is C13H23NO3. The summed E-state index contributed by atoms with van der Waals surface area (Å²) in [5.41, 5.74) is -0.460. The minimum Gasteiger partial charge on any atom is -0.465 e. The van der Waals surface area contributed by atoms with Crippen LogP contribution in [0, 0.1) is 11.3 Å². The van der Waals surface area contributed by atoms with E-state index >= 15 is 0 Å². The Labute approximate surface area is 104 Å². The first-order valence-corrected chi connectivity index (χ1v) is 5.78. The van der Waals surface area contributed by atoms with Gasteiger partial charge in [-0.25, -0.2) is 0 Å². The molecule has 0 saturated carbocycles. The third-order valence-electron chi connectivity index (χ3n) is 2.41. The van der Waals surface area contributed by atoms with Gasteiger partial charge in [-0.3, -0.25) is 9.59 Å². The highest BCUT2D eigenvalue weighted by atomic mass is 16.5. The smallest absolute Gasteiger partial charge is 0.319 e. The van der Waals surface area contributed by atoms with Crippen LogP contribution < -0.4 is 0 Å². The maximum Gasteiger partial charge on any atom is 0.319 e. The van der Waals surface area contributed by atoms with Crippen molar-refractivity contribution >= 4 is 11.9 Å². The number of rotatable bonds is 5. The Bertz CT molecular complexity index is 292. The van der Waals surface area contributed by atoms with Crippen molar-refractivity contribution < 1.29 is 14.3 Å². The summed E-state index contributed by atoms with van der Waals surface area (Å²) >= 11 is 0. The van der Waals surface area contributed by atoms with Crippen LogP contribution in [-0.4, -0.2) is 37.0 Å². The first-order valence-electron chi connectivity index (χ1n) is 5.78. The summed E-state index contributed by atoms with van der Waals surface area (Å²) in [5.74, 6) is -1.45. The molecule has 0 radical (unpaired) electrons. The molecule has 0 fully saturated rings. The number of carbonyl (C=O) groups is 2. The second kappa shape index (κ2) is 6.42. The van der Waals surface area contributed by atoms with Gasteiger partial charge in [-0.1, -0.05) is 26.8 Å². The number of hydrogen-bond acceptors (Lipinski definition) is 3. The first kappa shape index (κ1) is 15.7. The van der Waals surface area contributed by atoms with Gasteiger partial charge in [-0.2, -0.15) is 0 Å². The molecule has 0 saturated heterocycles. The minimum absolute atomic E-state index is 0.226. The van der Waals surface area contributed by atoms with Crippen LogP contribution in [0.2, 0.25) is 0 Å². The topological polar surface area (TPSA) is 46.6 Å². The van der Waals surface area contributed by atoms with Crippen LogP contribution in [0.1, 0.15) is 27.7 Å². The molecule has 0 aromatic heterocycles. The van der Waals surface area contributed by atoms with Gasteiger partial charge in [0.05, 0.1) is 6.61 Å². The lowest BCUT2D eigenvalue weighted by atomic mass is 9.80. The van der Waals surface area contributed by atoms with Crippen molar-refractivity contribution in [2.45, 2.75) is 27.7 Å². The zero-order valence-corrected chi connectivity index (χ0v) is 11.4. The minimum atomic E-state index is -0.771. The molecule has 4 nitrogen and oxygen atoms in total. The van der Waals surface area contributed by atoms with Crippen LogP contribution in [0.15, 0.2) is 12.7 Å². The summed E-state index contributed by atoms with van der Waals surface area (Å²) in [6, 6.07) is 0. The molecule has 0 rings (SSSR count). The van der Waals surface area contributed by atoms with Gasteiger partial charge in [0.15, 0.2) is 0 Å². The van der Waals surface area contributed by atoms with Gasteiger partial charge < -0.3 is 9.64 Å². The molecule has 0 spiro atoms. The van der Waals surface area contributed by atoms with E-state index in [1.807, 2.05) is 20.8 Å². The van der Waals surface area contributed by atoms with E-state index in [2.05, 4.69) is 6.58 Å². The zero-order chi connectivity index (χ0) is 13.6. The second-order valence-corrected chi connectivity index (χ2v) is 5.06. The molecule has 4 heteroatoms. The van der Waals surface area contributed by atoms with E-state index in [-0.39, 0.29) is 12.5 Å². The molecule has 0 aromatic carbocycles. The van der Waals surface area contributed by atoms with E-state index < -0.39 is 17.3 Å². The Morgan fingerprint density at radius 1 is 1.41 bits per heavy atom. The van der Waals surface area contributed by atoms with Crippen LogP contribution in [0.3, 0.4) is 0 Å². The molecule has 0 heterocycles. The van der Waals surface area contributed by atoms with Crippen molar-refractivity contribution in [3.05, 3.63) is 12.7 Å². The van der Waals surface area contributed by atoms with Crippen molar-refractivity contribution in [3.8, 4) is 0 Å². The Balaban J connectivity index is 4.99.